The van der Waals surface area contributed by atoms with Crippen molar-refractivity contribution in [2.45, 2.75) is 26.3 Å². The van der Waals surface area contributed by atoms with Gasteiger partial charge in [-0.25, -0.2) is 0 Å². The molecule has 5 nitrogen and oxygen atoms in total. The van der Waals surface area contributed by atoms with Crippen LogP contribution in [0.1, 0.15) is 20.3 Å². The summed E-state index contributed by atoms with van der Waals surface area (Å²) in [5.41, 5.74) is 0. The van der Waals surface area contributed by atoms with Crippen LogP contribution in [0.2, 0.25) is 0 Å². The standard InChI is InChI=1S/C8H16N2O3/c1-3-4-9-7(11)5-10-6(2)8(12)13/h6,10H,3-5H2,1-2H3,(H,9,11)(H,12,13)/t6-/m0/s1. The maximum Gasteiger partial charge on any atom is 0.320 e. The van der Waals surface area contributed by atoms with Gasteiger partial charge in [-0.05, 0) is 13.3 Å². The number of hydrogen-bond donors (Lipinski definition) is 3. The van der Waals surface area contributed by atoms with Gasteiger partial charge in [0.25, 0.3) is 0 Å². The van der Waals surface area contributed by atoms with Crippen molar-refractivity contribution in [2.24, 2.45) is 0 Å². The molecule has 0 aliphatic heterocycles. The third-order valence-corrected chi connectivity index (χ3v) is 1.51. The van der Waals surface area contributed by atoms with Gasteiger partial charge in [-0.2, -0.15) is 0 Å². The van der Waals surface area contributed by atoms with E-state index in [1.807, 2.05) is 6.92 Å². The minimum absolute atomic E-state index is 0.0491. The second-order valence-corrected chi connectivity index (χ2v) is 2.79. The molecule has 1 amide bonds. The Kier molecular flexibility index (Phi) is 5.88. The normalized spacial score (nSPS) is 12.2. The topological polar surface area (TPSA) is 78.4 Å². The van der Waals surface area contributed by atoms with E-state index in [4.69, 9.17) is 5.11 Å². The molecular weight excluding hydrogens is 172 g/mol. The van der Waals surface area contributed by atoms with Crippen LogP contribution >= 0.6 is 0 Å². The first kappa shape index (κ1) is 11.9. The molecule has 0 aliphatic rings. The van der Waals surface area contributed by atoms with Gasteiger partial charge in [0, 0.05) is 6.54 Å². The van der Waals surface area contributed by atoms with Gasteiger partial charge >= 0.3 is 5.97 Å². The molecule has 0 aromatic carbocycles. The largest absolute Gasteiger partial charge is 0.480 e. The molecule has 0 fully saturated rings. The highest BCUT2D eigenvalue weighted by molar-refractivity contribution is 5.79. The predicted molar refractivity (Wildman–Crippen MR) is 48.4 cm³/mol. The van der Waals surface area contributed by atoms with Gasteiger partial charge in [0.05, 0.1) is 6.54 Å². The average Bonchev–Trinajstić information content (AvgIpc) is 2.10. The van der Waals surface area contributed by atoms with Crippen LogP contribution in [0.5, 0.6) is 0 Å². The molecule has 0 bridgehead atoms. The van der Waals surface area contributed by atoms with E-state index in [-0.39, 0.29) is 12.5 Å². The van der Waals surface area contributed by atoms with Gasteiger partial charge in [0.2, 0.25) is 5.91 Å². The van der Waals surface area contributed by atoms with Crippen LogP contribution in [0, 0.1) is 0 Å². The molecular formula is C8H16N2O3. The van der Waals surface area contributed by atoms with Crippen molar-refractivity contribution in [3.63, 3.8) is 0 Å². The Morgan fingerprint density at radius 3 is 2.54 bits per heavy atom. The second kappa shape index (κ2) is 6.42. The van der Waals surface area contributed by atoms with Crippen LogP contribution < -0.4 is 10.6 Å². The van der Waals surface area contributed by atoms with Gasteiger partial charge in [-0.15, -0.1) is 0 Å². The minimum atomic E-state index is -0.955. The molecule has 13 heavy (non-hydrogen) atoms. The zero-order chi connectivity index (χ0) is 10.3. The van der Waals surface area contributed by atoms with Crippen LogP contribution in [0.4, 0.5) is 0 Å². The lowest BCUT2D eigenvalue weighted by atomic mass is 10.3. The fourth-order valence-corrected chi connectivity index (χ4v) is 0.660. The molecule has 0 rings (SSSR count). The second-order valence-electron chi connectivity index (χ2n) is 2.79. The Hall–Kier alpha value is -1.10. The number of rotatable bonds is 6. The van der Waals surface area contributed by atoms with Gasteiger partial charge < -0.3 is 10.4 Å². The van der Waals surface area contributed by atoms with Gasteiger partial charge in [0.1, 0.15) is 6.04 Å². The predicted octanol–water partition coefficient (Wildman–Crippen LogP) is -0.425. The number of aliphatic carboxylic acids is 1. The van der Waals surface area contributed by atoms with Crippen LogP contribution in [0.3, 0.4) is 0 Å². The molecule has 1 atom stereocenters. The summed E-state index contributed by atoms with van der Waals surface area (Å²) < 4.78 is 0. The Labute approximate surface area is 77.5 Å². The van der Waals surface area contributed by atoms with Crippen molar-refractivity contribution < 1.29 is 14.7 Å². The summed E-state index contributed by atoms with van der Waals surface area (Å²) in [6.07, 6.45) is 0.875. The Balaban J connectivity index is 3.52. The minimum Gasteiger partial charge on any atom is -0.480 e. The lowest BCUT2D eigenvalue weighted by Crippen LogP contribution is -2.41. The van der Waals surface area contributed by atoms with E-state index in [2.05, 4.69) is 10.6 Å². The summed E-state index contributed by atoms with van der Waals surface area (Å²) in [5.74, 6) is -1.13. The van der Waals surface area contributed by atoms with E-state index in [1.54, 1.807) is 0 Å². The molecule has 0 spiro atoms. The van der Waals surface area contributed by atoms with Crippen LogP contribution in [0.15, 0.2) is 0 Å². The molecule has 5 heteroatoms. The molecule has 0 saturated carbocycles. The molecule has 0 unspecified atom stereocenters. The zero-order valence-corrected chi connectivity index (χ0v) is 7.96. The van der Waals surface area contributed by atoms with E-state index >= 15 is 0 Å². The summed E-state index contributed by atoms with van der Waals surface area (Å²) in [6, 6.07) is -0.688. The van der Waals surface area contributed by atoms with Gasteiger partial charge in [-0.3, -0.25) is 14.9 Å². The monoisotopic (exact) mass is 188 g/mol. The van der Waals surface area contributed by atoms with Gasteiger partial charge in [0.15, 0.2) is 0 Å². The first-order valence-corrected chi connectivity index (χ1v) is 4.30. The number of amides is 1. The molecule has 0 aromatic rings. The Bertz CT molecular complexity index is 182. The van der Waals surface area contributed by atoms with E-state index in [0.29, 0.717) is 6.54 Å². The maximum atomic E-state index is 11.0. The quantitative estimate of drug-likeness (QED) is 0.529. The lowest BCUT2D eigenvalue weighted by molar-refractivity contribution is -0.139. The number of carboxylic acid groups (broad SMARTS) is 1. The first-order valence-electron chi connectivity index (χ1n) is 4.30. The third kappa shape index (κ3) is 6.10. The van der Waals surface area contributed by atoms with Crippen molar-refractivity contribution in [2.75, 3.05) is 13.1 Å². The molecule has 76 valence electrons. The summed E-state index contributed by atoms with van der Waals surface area (Å²) in [5, 5.41) is 13.7. The van der Waals surface area contributed by atoms with E-state index < -0.39 is 12.0 Å². The number of nitrogens with one attached hydrogen (secondary N) is 2. The van der Waals surface area contributed by atoms with Crippen LogP contribution in [0.25, 0.3) is 0 Å². The van der Waals surface area contributed by atoms with Gasteiger partial charge in [-0.1, -0.05) is 6.92 Å². The Morgan fingerprint density at radius 2 is 2.08 bits per heavy atom. The summed E-state index contributed by atoms with van der Waals surface area (Å²) in [6.45, 7) is 4.12. The van der Waals surface area contributed by atoms with Crippen LogP contribution in [-0.2, 0) is 9.59 Å². The summed E-state index contributed by atoms with van der Waals surface area (Å²) in [4.78, 5) is 21.3. The van der Waals surface area contributed by atoms with E-state index in [0.717, 1.165) is 6.42 Å². The highest BCUT2D eigenvalue weighted by atomic mass is 16.4. The van der Waals surface area contributed by atoms with Crippen molar-refractivity contribution >= 4 is 11.9 Å². The lowest BCUT2D eigenvalue weighted by Gasteiger charge is -2.08. The number of carbonyl (C=O) groups is 2. The molecule has 0 heterocycles. The third-order valence-electron chi connectivity index (χ3n) is 1.51. The van der Waals surface area contributed by atoms with E-state index in [1.165, 1.54) is 6.92 Å². The molecule has 0 aliphatic carbocycles. The van der Waals surface area contributed by atoms with Crippen molar-refractivity contribution in [1.82, 2.24) is 10.6 Å². The fourth-order valence-electron chi connectivity index (χ4n) is 0.660. The van der Waals surface area contributed by atoms with E-state index in [9.17, 15) is 9.59 Å². The molecule has 0 saturated heterocycles. The summed E-state index contributed by atoms with van der Waals surface area (Å²) in [7, 11) is 0. The molecule has 0 aromatic heterocycles. The Morgan fingerprint density at radius 1 is 1.46 bits per heavy atom. The van der Waals surface area contributed by atoms with Crippen molar-refractivity contribution in [3.8, 4) is 0 Å². The molecule has 3 N–H and O–H groups in total. The number of carboxylic acids is 1. The zero-order valence-electron chi connectivity index (χ0n) is 7.96. The van der Waals surface area contributed by atoms with Crippen LogP contribution in [-0.4, -0.2) is 36.1 Å². The molecule has 0 radical (unpaired) electrons. The SMILES string of the molecule is CCCNC(=O)CN[C@@H](C)C(=O)O. The van der Waals surface area contributed by atoms with Crippen molar-refractivity contribution in [3.05, 3.63) is 0 Å². The fraction of sp³-hybridized carbons (Fsp3) is 0.750. The highest BCUT2D eigenvalue weighted by Crippen LogP contribution is 1.79. The maximum absolute atomic E-state index is 11.0. The average molecular weight is 188 g/mol. The first-order chi connectivity index (χ1) is 6.07. The number of hydrogen-bond acceptors (Lipinski definition) is 3. The summed E-state index contributed by atoms with van der Waals surface area (Å²) >= 11 is 0. The number of carbonyl (C=O) groups excluding carboxylic acids is 1. The smallest absolute Gasteiger partial charge is 0.320 e. The van der Waals surface area contributed by atoms with Crippen molar-refractivity contribution in [1.29, 1.82) is 0 Å². The highest BCUT2D eigenvalue weighted by Gasteiger charge is 2.10.